The van der Waals surface area contributed by atoms with Crippen molar-refractivity contribution in [1.82, 2.24) is 5.01 Å². The molecule has 7 nitrogen and oxygen atoms in total. The van der Waals surface area contributed by atoms with E-state index in [-0.39, 0.29) is 18.4 Å². The van der Waals surface area contributed by atoms with Gasteiger partial charge in [0.2, 0.25) is 5.91 Å². The first-order valence-electron chi connectivity index (χ1n) is 9.83. The molecule has 0 aromatic heterocycles. The van der Waals surface area contributed by atoms with Crippen molar-refractivity contribution in [1.29, 1.82) is 0 Å². The van der Waals surface area contributed by atoms with Gasteiger partial charge in [0.1, 0.15) is 31.0 Å². The van der Waals surface area contributed by atoms with E-state index in [1.54, 1.807) is 4.90 Å². The highest BCUT2D eigenvalue weighted by atomic mass is 16.6. The molecule has 2 atom stereocenters. The van der Waals surface area contributed by atoms with Crippen molar-refractivity contribution in [2.75, 3.05) is 45.4 Å². The van der Waals surface area contributed by atoms with Crippen LogP contribution in [0.3, 0.4) is 0 Å². The van der Waals surface area contributed by atoms with E-state index in [4.69, 9.17) is 14.2 Å². The predicted molar refractivity (Wildman–Crippen MR) is 107 cm³/mol. The molecule has 29 heavy (non-hydrogen) atoms. The van der Waals surface area contributed by atoms with Gasteiger partial charge in [-0.3, -0.25) is 9.80 Å². The van der Waals surface area contributed by atoms with Crippen LogP contribution in [0, 0.1) is 0 Å². The fourth-order valence-corrected chi connectivity index (χ4v) is 5.04. The minimum absolute atomic E-state index is 0.0265. The Morgan fingerprint density at radius 3 is 2.62 bits per heavy atom. The Labute approximate surface area is 168 Å². The van der Waals surface area contributed by atoms with E-state index in [9.17, 15) is 4.79 Å². The van der Waals surface area contributed by atoms with Crippen LogP contribution < -0.4 is 19.1 Å². The fraction of sp³-hybridized carbons (Fsp3) is 0.364. The van der Waals surface area contributed by atoms with Gasteiger partial charge in [0.15, 0.2) is 11.5 Å². The summed E-state index contributed by atoms with van der Waals surface area (Å²) in [4.78, 5) is 15.4. The molecule has 148 valence electrons. The highest BCUT2D eigenvalue weighted by Crippen LogP contribution is 2.56. The van der Waals surface area contributed by atoms with Gasteiger partial charge in [-0.05, 0) is 17.7 Å². The van der Waals surface area contributed by atoms with Gasteiger partial charge in [0.25, 0.3) is 0 Å². The number of carbonyl (C=O) groups is 1. The summed E-state index contributed by atoms with van der Waals surface area (Å²) < 4.78 is 17.6. The maximum Gasteiger partial charge on any atom is 0.245 e. The molecule has 1 amide bonds. The number of anilines is 1. The van der Waals surface area contributed by atoms with Gasteiger partial charge in [-0.1, -0.05) is 12.1 Å². The van der Waals surface area contributed by atoms with E-state index in [1.807, 2.05) is 49.6 Å². The molecule has 6 rings (SSSR count). The number of fused-ring (bicyclic) bond motifs is 5. The van der Waals surface area contributed by atoms with E-state index in [2.05, 4.69) is 11.2 Å². The second kappa shape index (κ2) is 5.65. The number of hydrogen-bond donors (Lipinski definition) is 0. The first-order valence-corrected chi connectivity index (χ1v) is 9.83. The molecule has 0 fully saturated rings. The largest absolute Gasteiger partial charge is 0.491 e. The topological polar surface area (TPSA) is 63.6 Å². The molecular weight excluding hydrogens is 370 g/mol. The first kappa shape index (κ1) is 16.7. The summed E-state index contributed by atoms with van der Waals surface area (Å²) in [7, 11) is 3.80. The Morgan fingerprint density at radius 2 is 1.86 bits per heavy atom. The Bertz CT molecular complexity index is 1080. The number of amides is 1. The van der Waals surface area contributed by atoms with Crippen molar-refractivity contribution >= 4 is 17.8 Å². The molecular formula is C22H21N3O4. The summed E-state index contributed by atoms with van der Waals surface area (Å²) in [5, 5.41) is 6.34. The Kier molecular flexibility index (Phi) is 3.26. The number of hydrogen-bond acceptors (Lipinski definition) is 6. The van der Waals surface area contributed by atoms with Gasteiger partial charge in [0, 0.05) is 55.7 Å². The lowest BCUT2D eigenvalue weighted by Gasteiger charge is -2.26. The van der Waals surface area contributed by atoms with Crippen LogP contribution in [0.25, 0.3) is 0 Å². The third-order valence-corrected chi connectivity index (χ3v) is 6.39. The lowest BCUT2D eigenvalue weighted by atomic mass is 9.73. The Balaban J connectivity index is 1.59. The lowest BCUT2D eigenvalue weighted by Crippen LogP contribution is -2.41. The van der Waals surface area contributed by atoms with Gasteiger partial charge >= 0.3 is 0 Å². The minimum atomic E-state index is -0.874. The quantitative estimate of drug-likeness (QED) is 0.745. The zero-order valence-corrected chi connectivity index (χ0v) is 16.3. The summed E-state index contributed by atoms with van der Waals surface area (Å²) in [5.74, 6) is 2.19. The zero-order valence-electron chi connectivity index (χ0n) is 16.3. The maximum absolute atomic E-state index is 13.7. The van der Waals surface area contributed by atoms with Crippen molar-refractivity contribution in [2.45, 2.75) is 11.3 Å². The normalized spacial score (nSPS) is 26.1. The molecule has 0 radical (unpaired) electrons. The van der Waals surface area contributed by atoms with Crippen molar-refractivity contribution < 1.29 is 19.0 Å². The van der Waals surface area contributed by atoms with Gasteiger partial charge in [-0.15, -0.1) is 0 Å². The molecule has 4 heterocycles. The smallest absolute Gasteiger partial charge is 0.245 e. The minimum Gasteiger partial charge on any atom is -0.491 e. The predicted octanol–water partition coefficient (Wildman–Crippen LogP) is 2.13. The zero-order chi connectivity index (χ0) is 19.8. The number of rotatable bonds is 1. The first-order chi connectivity index (χ1) is 14.1. The molecule has 2 aromatic rings. The number of benzene rings is 2. The number of carbonyl (C=O) groups excluding carboxylic acids is 1. The lowest BCUT2D eigenvalue weighted by molar-refractivity contribution is -0.121. The summed E-state index contributed by atoms with van der Waals surface area (Å²) in [5.41, 5.74) is 3.06. The molecule has 0 bridgehead atoms. The van der Waals surface area contributed by atoms with Gasteiger partial charge in [-0.25, -0.2) is 0 Å². The number of likely N-dealkylation sites (N-methyl/N-ethyl adjacent to an activating group) is 2. The van der Waals surface area contributed by atoms with Crippen LogP contribution in [0.2, 0.25) is 0 Å². The van der Waals surface area contributed by atoms with Crippen molar-refractivity contribution in [2.24, 2.45) is 5.10 Å². The van der Waals surface area contributed by atoms with Gasteiger partial charge in [0.05, 0.1) is 0 Å². The third-order valence-electron chi connectivity index (χ3n) is 6.39. The SMILES string of the molecule is CN1CC(c2cccc3c2C2(COc4cc5c(cc42)OCCO5)C(=O)N3C)C=N1. The second-order valence-corrected chi connectivity index (χ2v) is 8.00. The van der Waals surface area contributed by atoms with Crippen molar-refractivity contribution in [3.8, 4) is 17.2 Å². The molecule has 2 unspecified atom stereocenters. The maximum atomic E-state index is 13.7. The molecule has 0 saturated carbocycles. The molecule has 4 aliphatic rings. The molecule has 0 N–H and O–H groups in total. The van der Waals surface area contributed by atoms with E-state index in [0.29, 0.717) is 30.5 Å². The molecule has 0 saturated heterocycles. The summed E-state index contributed by atoms with van der Waals surface area (Å²) in [6.45, 7) is 2.08. The summed E-state index contributed by atoms with van der Waals surface area (Å²) >= 11 is 0. The standard InChI is InChI=1S/C22H21N3O4/c1-24-11-13(10-23-24)14-4-3-5-16-20(14)22(21(26)25(16)2)12-29-17-9-19-18(8-15(17)22)27-6-7-28-19/h3-5,8-10,13H,6-7,11-12H2,1-2H3. The van der Waals surface area contributed by atoms with Crippen LogP contribution in [0.5, 0.6) is 17.2 Å². The highest BCUT2D eigenvalue weighted by Gasteiger charge is 2.58. The number of ether oxygens (including phenoxy) is 3. The van der Waals surface area contributed by atoms with Gasteiger partial charge in [-0.2, -0.15) is 5.10 Å². The van der Waals surface area contributed by atoms with Crippen LogP contribution in [-0.2, 0) is 10.2 Å². The molecule has 1 spiro atoms. The molecule has 0 aliphatic carbocycles. The van der Waals surface area contributed by atoms with E-state index in [1.165, 1.54) is 0 Å². The Hall–Kier alpha value is -3.22. The number of hydrazone groups is 1. The Morgan fingerprint density at radius 1 is 1.07 bits per heavy atom. The van der Waals surface area contributed by atoms with Crippen molar-refractivity contribution in [3.63, 3.8) is 0 Å². The number of nitrogens with zero attached hydrogens (tertiary/aromatic N) is 3. The molecule has 7 heteroatoms. The van der Waals surface area contributed by atoms with E-state index in [0.717, 1.165) is 28.9 Å². The van der Waals surface area contributed by atoms with E-state index >= 15 is 0 Å². The van der Waals surface area contributed by atoms with Gasteiger partial charge < -0.3 is 19.1 Å². The van der Waals surface area contributed by atoms with Crippen LogP contribution >= 0.6 is 0 Å². The average molecular weight is 391 g/mol. The highest BCUT2D eigenvalue weighted by molar-refractivity contribution is 6.12. The average Bonchev–Trinajstić information content (AvgIpc) is 3.39. The third kappa shape index (κ3) is 2.07. The monoisotopic (exact) mass is 391 g/mol. The molecule has 4 aliphatic heterocycles. The summed E-state index contributed by atoms with van der Waals surface area (Å²) in [6, 6.07) is 9.93. The van der Waals surface area contributed by atoms with Crippen LogP contribution in [0.1, 0.15) is 22.6 Å². The molecule has 2 aromatic carbocycles. The second-order valence-electron chi connectivity index (χ2n) is 8.00. The summed E-state index contributed by atoms with van der Waals surface area (Å²) in [6.07, 6.45) is 1.96. The van der Waals surface area contributed by atoms with Crippen LogP contribution in [0.4, 0.5) is 5.69 Å². The van der Waals surface area contributed by atoms with Crippen LogP contribution in [-0.4, -0.2) is 57.6 Å². The van der Waals surface area contributed by atoms with Crippen LogP contribution in [0.15, 0.2) is 35.4 Å². The van der Waals surface area contributed by atoms with E-state index < -0.39 is 5.41 Å². The fourth-order valence-electron chi connectivity index (χ4n) is 5.04. The van der Waals surface area contributed by atoms with Crippen molar-refractivity contribution in [3.05, 3.63) is 47.0 Å².